The number of thiophene rings is 2. The number of carboxylic acids is 1. The number of aromatic nitrogens is 2. The van der Waals surface area contributed by atoms with Gasteiger partial charge in [0, 0.05) is 61.1 Å². The van der Waals surface area contributed by atoms with Crippen molar-refractivity contribution < 1.29 is 45.8 Å². The number of nitrogens with zero attached hydrogens (tertiary/aromatic N) is 2. The Kier molecular flexibility index (Phi) is 12.5. The van der Waals surface area contributed by atoms with E-state index in [0.717, 1.165) is 53.2 Å². The number of carbonyl (C=O) groups is 3. The van der Waals surface area contributed by atoms with E-state index in [2.05, 4.69) is 15.3 Å². The summed E-state index contributed by atoms with van der Waals surface area (Å²) >= 11 is 2.94. The van der Waals surface area contributed by atoms with E-state index in [-0.39, 0.29) is 12.1 Å². The van der Waals surface area contributed by atoms with E-state index in [1.54, 1.807) is 18.2 Å². The van der Waals surface area contributed by atoms with Crippen LogP contribution in [0, 0.1) is 0 Å². The minimum atomic E-state index is -4.39. The number of aromatic carboxylic acids is 1. The molecule has 0 aliphatic carbocycles. The van der Waals surface area contributed by atoms with Gasteiger partial charge in [-0.1, -0.05) is 72.8 Å². The first-order valence-corrected chi connectivity index (χ1v) is 20.2. The van der Waals surface area contributed by atoms with E-state index in [9.17, 15) is 45.8 Å². The fraction of sp³-hybridized carbons (Fsp3) is 0.109. The van der Waals surface area contributed by atoms with Gasteiger partial charge in [0.1, 0.15) is 0 Å². The van der Waals surface area contributed by atoms with E-state index in [1.807, 2.05) is 48.5 Å². The number of alkyl halides is 6. The molecule has 8 aromatic rings. The second-order valence-corrected chi connectivity index (χ2v) is 16.2. The van der Waals surface area contributed by atoms with Crippen LogP contribution in [0.3, 0.4) is 0 Å². The van der Waals surface area contributed by atoms with Gasteiger partial charge in [-0.3, -0.25) is 19.6 Å². The van der Waals surface area contributed by atoms with E-state index < -0.39 is 41.3 Å². The first-order chi connectivity index (χ1) is 29.5. The summed E-state index contributed by atoms with van der Waals surface area (Å²) in [6, 6.07) is 32.0. The monoisotopic (exact) mass is 882 g/mol. The lowest BCUT2D eigenvalue weighted by Crippen LogP contribution is -2.33. The summed E-state index contributed by atoms with van der Waals surface area (Å²) < 4.78 is 79.8. The Morgan fingerprint density at radius 3 is 1.50 bits per heavy atom. The van der Waals surface area contributed by atoms with Crippen LogP contribution in [0.1, 0.15) is 52.7 Å². The largest absolute Gasteiger partial charge is 0.478 e. The van der Waals surface area contributed by atoms with Crippen molar-refractivity contribution in [3.8, 4) is 22.5 Å². The number of carbonyl (C=O) groups excluding carboxylic acids is 2. The molecule has 0 radical (unpaired) electrons. The van der Waals surface area contributed by atoms with Crippen molar-refractivity contribution >= 4 is 60.6 Å². The van der Waals surface area contributed by atoms with Crippen molar-refractivity contribution in [2.45, 2.75) is 25.2 Å². The van der Waals surface area contributed by atoms with E-state index in [1.165, 1.54) is 77.5 Å². The third-order valence-electron chi connectivity index (χ3n) is 9.46. The predicted octanol–water partition coefficient (Wildman–Crippen LogP) is 11.1. The Labute approximate surface area is 357 Å². The first kappa shape index (κ1) is 43.2. The molecule has 0 saturated carbocycles. The summed E-state index contributed by atoms with van der Waals surface area (Å²) in [6.45, 7) is -0.268. The van der Waals surface area contributed by atoms with Crippen molar-refractivity contribution in [2.24, 2.45) is 5.73 Å². The van der Waals surface area contributed by atoms with Crippen molar-refractivity contribution in [2.75, 3.05) is 6.54 Å². The molecule has 0 aliphatic heterocycles. The number of pyridine rings is 2. The SMILES string of the molecule is NC(=O)CNC(=O)c1ccnc(-c2cccc3cc(Cc4cccc(C(F)(F)F)c4)sc23)c1.O=C(O)c1ccnc(-c2cccc3cc(Cc4cccc(C(F)(F)F)c4)sc23)c1. The number of carboxylic acid groups (broad SMARTS) is 1. The summed E-state index contributed by atoms with van der Waals surface area (Å²) in [6.07, 6.45) is -5.05. The van der Waals surface area contributed by atoms with Crippen LogP contribution in [0.2, 0.25) is 0 Å². The number of nitrogens with one attached hydrogen (secondary N) is 1. The normalized spacial score (nSPS) is 11.6. The Hall–Kier alpha value is -6.91. The van der Waals surface area contributed by atoms with Gasteiger partial charge in [0.05, 0.1) is 34.6 Å². The molecule has 62 heavy (non-hydrogen) atoms. The molecule has 8 nitrogen and oxygen atoms in total. The van der Waals surface area contributed by atoms with Crippen LogP contribution in [0.15, 0.2) is 134 Å². The molecule has 314 valence electrons. The fourth-order valence-corrected chi connectivity index (χ4v) is 9.06. The van der Waals surface area contributed by atoms with Gasteiger partial charge in [0.15, 0.2) is 0 Å². The van der Waals surface area contributed by atoms with Gasteiger partial charge in [-0.25, -0.2) is 4.79 Å². The van der Waals surface area contributed by atoms with E-state index in [0.29, 0.717) is 40.9 Å². The van der Waals surface area contributed by atoms with Crippen LogP contribution in [-0.4, -0.2) is 39.4 Å². The lowest BCUT2D eigenvalue weighted by molar-refractivity contribution is -0.138. The molecule has 0 aliphatic rings. The molecular formula is C46H32F6N4O4S2. The smallest absolute Gasteiger partial charge is 0.416 e. The third-order valence-corrected chi connectivity index (χ3v) is 11.8. The minimum Gasteiger partial charge on any atom is -0.478 e. The second-order valence-electron chi connectivity index (χ2n) is 13.9. The third kappa shape index (κ3) is 10.3. The maximum atomic E-state index is 13.0. The summed E-state index contributed by atoms with van der Waals surface area (Å²) in [5, 5.41) is 13.5. The second kappa shape index (κ2) is 18.0. The molecule has 0 saturated heterocycles. The highest BCUT2D eigenvalue weighted by atomic mass is 32.1. The molecule has 4 aromatic carbocycles. The van der Waals surface area contributed by atoms with Crippen LogP contribution in [0.5, 0.6) is 0 Å². The van der Waals surface area contributed by atoms with E-state index in [4.69, 9.17) is 5.73 Å². The number of benzene rings is 4. The number of hydrogen-bond donors (Lipinski definition) is 3. The van der Waals surface area contributed by atoms with Crippen LogP contribution >= 0.6 is 22.7 Å². The molecule has 4 heterocycles. The van der Waals surface area contributed by atoms with Gasteiger partial charge >= 0.3 is 18.3 Å². The molecule has 0 bridgehead atoms. The lowest BCUT2D eigenvalue weighted by Gasteiger charge is -2.08. The zero-order valence-electron chi connectivity index (χ0n) is 32.1. The number of fused-ring (bicyclic) bond motifs is 2. The highest BCUT2D eigenvalue weighted by Gasteiger charge is 2.31. The average Bonchev–Trinajstić information content (AvgIpc) is 3.86. The molecule has 0 unspecified atom stereocenters. The number of halogens is 6. The Balaban J connectivity index is 0.000000188. The lowest BCUT2D eigenvalue weighted by atomic mass is 10.1. The van der Waals surface area contributed by atoms with Crippen LogP contribution in [0.25, 0.3) is 42.7 Å². The zero-order chi connectivity index (χ0) is 44.2. The number of amides is 2. The summed E-state index contributed by atoms with van der Waals surface area (Å²) in [5.74, 6) is -2.12. The summed E-state index contributed by atoms with van der Waals surface area (Å²) in [4.78, 5) is 44.9. The first-order valence-electron chi connectivity index (χ1n) is 18.6. The van der Waals surface area contributed by atoms with Gasteiger partial charge < -0.3 is 16.2 Å². The van der Waals surface area contributed by atoms with Gasteiger partial charge in [0.25, 0.3) is 5.91 Å². The van der Waals surface area contributed by atoms with Crippen LogP contribution in [-0.2, 0) is 30.0 Å². The van der Waals surface area contributed by atoms with Gasteiger partial charge in [-0.05, 0) is 70.4 Å². The Bertz CT molecular complexity index is 2960. The highest BCUT2D eigenvalue weighted by Crippen LogP contribution is 2.38. The summed E-state index contributed by atoms with van der Waals surface area (Å²) in [5.41, 5.74) is 8.09. The van der Waals surface area contributed by atoms with Crippen molar-refractivity contribution in [1.29, 1.82) is 0 Å². The van der Waals surface area contributed by atoms with Crippen LogP contribution < -0.4 is 11.1 Å². The maximum Gasteiger partial charge on any atom is 0.416 e. The minimum absolute atomic E-state index is 0.146. The number of rotatable bonds is 10. The summed E-state index contributed by atoms with van der Waals surface area (Å²) in [7, 11) is 0. The number of primary amides is 1. The average molecular weight is 883 g/mol. The van der Waals surface area contributed by atoms with Crippen molar-refractivity contribution in [1.82, 2.24) is 15.3 Å². The van der Waals surface area contributed by atoms with Crippen LogP contribution in [0.4, 0.5) is 26.3 Å². The quantitative estimate of drug-likeness (QED) is 0.117. The number of hydrogen-bond acceptors (Lipinski definition) is 7. The molecule has 4 N–H and O–H groups in total. The molecule has 0 spiro atoms. The standard InChI is InChI=1S/C24H18F3N3O2S.C22H14F3NO2S/c25-24(26,27)17-5-1-3-14(9-17)10-18-11-15-4-2-6-19(22(15)33-18)20-12-16(7-8-29-20)23(32)30-13-21(28)31;23-22(24,25)16-5-1-3-13(9-16)10-17-11-14-4-2-6-18(20(14)29-17)19-12-15(21(27)28)7-8-26-19/h1-9,11-12H,10,13H2,(H2,28,31)(H,30,32);1-9,11-12H,10H2,(H,27,28). The predicted molar refractivity (Wildman–Crippen MR) is 227 cm³/mol. The van der Waals surface area contributed by atoms with Crippen molar-refractivity contribution in [3.63, 3.8) is 0 Å². The molecular weight excluding hydrogens is 851 g/mol. The molecule has 4 aromatic heterocycles. The number of nitrogens with two attached hydrogens (primary N) is 1. The van der Waals surface area contributed by atoms with Gasteiger partial charge in [-0.2, -0.15) is 26.3 Å². The molecule has 0 atom stereocenters. The fourth-order valence-electron chi connectivity index (χ4n) is 6.63. The maximum absolute atomic E-state index is 13.0. The molecule has 2 amide bonds. The zero-order valence-corrected chi connectivity index (χ0v) is 33.7. The Morgan fingerprint density at radius 1 is 0.597 bits per heavy atom. The highest BCUT2D eigenvalue weighted by molar-refractivity contribution is 7.20. The molecule has 16 heteroatoms. The van der Waals surface area contributed by atoms with E-state index >= 15 is 0 Å². The Morgan fingerprint density at radius 2 is 1.05 bits per heavy atom. The van der Waals surface area contributed by atoms with Gasteiger partial charge in [-0.15, -0.1) is 22.7 Å². The molecule has 8 rings (SSSR count). The van der Waals surface area contributed by atoms with Gasteiger partial charge in [0.2, 0.25) is 5.91 Å². The topological polar surface area (TPSA) is 135 Å². The van der Waals surface area contributed by atoms with Crippen molar-refractivity contribution in [3.05, 3.63) is 177 Å². The molecule has 0 fully saturated rings.